The zero-order chi connectivity index (χ0) is 18.5. The Bertz CT molecular complexity index is 752. The van der Waals surface area contributed by atoms with Crippen LogP contribution < -0.4 is 10.1 Å². The van der Waals surface area contributed by atoms with E-state index in [4.69, 9.17) is 21.3 Å². The Balaban J connectivity index is 1.42. The van der Waals surface area contributed by atoms with Crippen molar-refractivity contribution in [2.24, 2.45) is 0 Å². The average Bonchev–Trinajstić information content (AvgIpc) is 3.04. The van der Waals surface area contributed by atoms with E-state index in [2.05, 4.69) is 5.32 Å². The molecule has 26 heavy (non-hydrogen) atoms. The first-order chi connectivity index (χ1) is 12.5. The Kier molecular flexibility index (Phi) is 6.54. The summed E-state index contributed by atoms with van der Waals surface area (Å²) < 4.78 is 5.70. The first kappa shape index (κ1) is 19.2. The summed E-state index contributed by atoms with van der Waals surface area (Å²) in [6.07, 6.45) is 6.07. The molecule has 140 valence electrons. The summed E-state index contributed by atoms with van der Waals surface area (Å²) in [5.74, 6) is 0.420. The van der Waals surface area contributed by atoms with Gasteiger partial charge < -0.3 is 10.1 Å². The van der Waals surface area contributed by atoms with Crippen LogP contribution in [0.3, 0.4) is 0 Å². The van der Waals surface area contributed by atoms with Gasteiger partial charge in [-0.05, 0) is 63.6 Å². The number of aromatic nitrogens is 1. The first-order valence-electron chi connectivity index (χ1n) is 9.21. The van der Waals surface area contributed by atoms with Crippen molar-refractivity contribution in [1.82, 2.24) is 10.3 Å². The molecule has 6 heteroatoms. The third-order valence-corrected chi connectivity index (χ3v) is 6.05. The minimum absolute atomic E-state index is 0.124. The lowest BCUT2D eigenvalue weighted by molar-refractivity contribution is -0.127. The standard InChI is InChI=1S/C20H25ClN2O2S/c1-13-9-10-15(21)17(12-13)25-14(2)20(24)22-11-5-8-19-23-16-6-3-4-7-18(16)26-19/h9-10,12,14H,3-8,11H2,1-2H3,(H,22,24). The van der Waals surface area contributed by atoms with Crippen molar-refractivity contribution in [3.8, 4) is 5.75 Å². The number of hydrogen-bond donors (Lipinski definition) is 1. The Morgan fingerprint density at radius 1 is 1.38 bits per heavy atom. The third-order valence-electron chi connectivity index (χ3n) is 4.52. The van der Waals surface area contributed by atoms with E-state index in [0.717, 1.165) is 24.8 Å². The van der Waals surface area contributed by atoms with E-state index in [1.165, 1.54) is 34.8 Å². The van der Waals surface area contributed by atoms with Crippen LogP contribution in [0.5, 0.6) is 5.75 Å². The average molecular weight is 393 g/mol. The lowest BCUT2D eigenvalue weighted by Gasteiger charge is -2.16. The van der Waals surface area contributed by atoms with E-state index in [9.17, 15) is 4.79 Å². The molecule has 1 aromatic heterocycles. The number of nitrogens with zero attached hydrogens (tertiary/aromatic N) is 1. The van der Waals surface area contributed by atoms with Crippen LogP contribution in [0.15, 0.2) is 18.2 Å². The van der Waals surface area contributed by atoms with E-state index in [1.54, 1.807) is 13.0 Å². The molecule has 0 spiro atoms. The molecule has 4 nitrogen and oxygen atoms in total. The van der Waals surface area contributed by atoms with Gasteiger partial charge in [-0.15, -0.1) is 11.3 Å². The molecule has 0 saturated heterocycles. The molecule has 2 aromatic rings. The van der Waals surface area contributed by atoms with Gasteiger partial charge in [0.05, 0.1) is 15.7 Å². The molecule has 0 saturated carbocycles. The number of aryl methyl sites for hydroxylation is 4. The molecule has 1 aliphatic carbocycles. The minimum Gasteiger partial charge on any atom is -0.479 e. The van der Waals surface area contributed by atoms with Crippen molar-refractivity contribution < 1.29 is 9.53 Å². The Hall–Kier alpha value is -1.59. The number of thiazole rings is 1. The zero-order valence-corrected chi connectivity index (χ0v) is 16.9. The van der Waals surface area contributed by atoms with Crippen LogP contribution in [0.4, 0.5) is 0 Å². The number of carbonyl (C=O) groups is 1. The fourth-order valence-electron chi connectivity index (χ4n) is 3.05. The second-order valence-corrected chi connectivity index (χ2v) is 8.35. The fourth-order valence-corrected chi connectivity index (χ4v) is 4.41. The third kappa shape index (κ3) is 4.98. The summed E-state index contributed by atoms with van der Waals surface area (Å²) in [5, 5.41) is 4.65. The van der Waals surface area contributed by atoms with Gasteiger partial charge in [0.1, 0.15) is 5.75 Å². The molecule has 3 rings (SSSR count). The van der Waals surface area contributed by atoms with Crippen molar-refractivity contribution >= 4 is 28.8 Å². The Morgan fingerprint density at radius 2 is 2.19 bits per heavy atom. The summed E-state index contributed by atoms with van der Waals surface area (Å²) in [5.41, 5.74) is 2.35. The predicted molar refractivity (Wildman–Crippen MR) is 106 cm³/mol. The largest absolute Gasteiger partial charge is 0.479 e. The van der Waals surface area contributed by atoms with E-state index in [-0.39, 0.29) is 5.91 Å². The molecule has 1 amide bonds. The van der Waals surface area contributed by atoms with Crippen molar-refractivity contribution in [2.45, 2.75) is 58.5 Å². The summed E-state index contributed by atoms with van der Waals surface area (Å²) in [6, 6.07) is 5.54. The Labute approximate surface area is 163 Å². The van der Waals surface area contributed by atoms with Crippen LogP contribution in [0.25, 0.3) is 0 Å². The summed E-state index contributed by atoms with van der Waals surface area (Å²) in [4.78, 5) is 18.4. The number of ether oxygens (including phenoxy) is 1. The summed E-state index contributed by atoms with van der Waals surface area (Å²) in [7, 11) is 0. The highest BCUT2D eigenvalue weighted by atomic mass is 35.5. The SMILES string of the molecule is Cc1ccc(Cl)c(OC(C)C(=O)NCCCc2nc3c(s2)CCCC3)c1. The molecule has 1 unspecified atom stereocenters. The van der Waals surface area contributed by atoms with Crippen LogP contribution in [-0.4, -0.2) is 23.5 Å². The normalized spacial score (nSPS) is 14.6. The van der Waals surface area contributed by atoms with Crippen LogP contribution in [0, 0.1) is 6.92 Å². The number of halogens is 1. The van der Waals surface area contributed by atoms with Gasteiger partial charge in [0.15, 0.2) is 6.10 Å². The summed E-state index contributed by atoms with van der Waals surface area (Å²) in [6.45, 7) is 4.32. The van der Waals surface area contributed by atoms with Crippen LogP contribution in [-0.2, 0) is 24.1 Å². The molecule has 1 aliphatic rings. The molecule has 0 aliphatic heterocycles. The smallest absolute Gasteiger partial charge is 0.260 e. The van der Waals surface area contributed by atoms with Gasteiger partial charge >= 0.3 is 0 Å². The highest BCUT2D eigenvalue weighted by molar-refractivity contribution is 7.11. The Morgan fingerprint density at radius 3 is 3.00 bits per heavy atom. The zero-order valence-electron chi connectivity index (χ0n) is 15.3. The second-order valence-electron chi connectivity index (χ2n) is 6.77. The molecule has 1 heterocycles. The number of amides is 1. The van der Waals surface area contributed by atoms with Crippen LogP contribution in [0.1, 0.15) is 47.3 Å². The first-order valence-corrected chi connectivity index (χ1v) is 10.4. The maximum absolute atomic E-state index is 12.2. The number of carbonyl (C=O) groups excluding carboxylic acids is 1. The van der Waals surface area contributed by atoms with Crippen molar-refractivity contribution in [2.75, 3.05) is 6.54 Å². The number of nitrogens with one attached hydrogen (secondary N) is 1. The maximum Gasteiger partial charge on any atom is 0.260 e. The molecule has 1 atom stereocenters. The van der Waals surface area contributed by atoms with Gasteiger partial charge in [-0.2, -0.15) is 0 Å². The van der Waals surface area contributed by atoms with Gasteiger partial charge in [0, 0.05) is 17.8 Å². The molecule has 1 N–H and O–H groups in total. The van der Waals surface area contributed by atoms with Gasteiger partial charge in [0.2, 0.25) is 0 Å². The molecule has 1 aromatic carbocycles. The quantitative estimate of drug-likeness (QED) is 0.706. The van der Waals surface area contributed by atoms with E-state index < -0.39 is 6.10 Å². The minimum atomic E-state index is -0.582. The highest BCUT2D eigenvalue weighted by Gasteiger charge is 2.17. The van der Waals surface area contributed by atoms with Gasteiger partial charge in [0.25, 0.3) is 5.91 Å². The predicted octanol–water partition coefficient (Wildman–Crippen LogP) is 4.50. The number of hydrogen-bond acceptors (Lipinski definition) is 4. The van der Waals surface area contributed by atoms with Crippen molar-refractivity contribution in [1.29, 1.82) is 0 Å². The number of rotatable bonds is 7. The fraction of sp³-hybridized carbons (Fsp3) is 0.500. The summed E-state index contributed by atoms with van der Waals surface area (Å²) >= 11 is 7.96. The van der Waals surface area contributed by atoms with Crippen LogP contribution in [0.2, 0.25) is 5.02 Å². The van der Waals surface area contributed by atoms with Gasteiger partial charge in [-0.25, -0.2) is 4.98 Å². The molecular formula is C20H25ClN2O2S. The van der Waals surface area contributed by atoms with E-state index >= 15 is 0 Å². The number of benzene rings is 1. The molecule has 0 bridgehead atoms. The number of fused-ring (bicyclic) bond motifs is 1. The van der Waals surface area contributed by atoms with Crippen molar-refractivity contribution in [3.05, 3.63) is 44.4 Å². The molecule has 0 fully saturated rings. The topological polar surface area (TPSA) is 51.2 Å². The molecular weight excluding hydrogens is 368 g/mol. The van der Waals surface area contributed by atoms with Crippen LogP contribution >= 0.6 is 22.9 Å². The highest BCUT2D eigenvalue weighted by Crippen LogP contribution is 2.27. The monoisotopic (exact) mass is 392 g/mol. The lowest BCUT2D eigenvalue weighted by Crippen LogP contribution is -2.37. The maximum atomic E-state index is 12.2. The van der Waals surface area contributed by atoms with Gasteiger partial charge in [-0.3, -0.25) is 4.79 Å². The lowest BCUT2D eigenvalue weighted by atomic mass is 10.0. The van der Waals surface area contributed by atoms with E-state index in [0.29, 0.717) is 17.3 Å². The second kappa shape index (κ2) is 8.87. The molecule has 0 radical (unpaired) electrons. The van der Waals surface area contributed by atoms with Gasteiger partial charge in [-0.1, -0.05) is 17.7 Å². The van der Waals surface area contributed by atoms with Crippen molar-refractivity contribution in [3.63, 3.8) is 0 Å². The van der Waals surface area contributed by atoms with E-state index in [1.807, 2.05) is 30.4 Å².